The Bertz CT molecular complexity index is 756. The minimum atomic E-state index is -0.993. The van der Waals surface area contributed by atoms with Crippen LogP contribution in [0.4, 0.5) is 5.69 Å². The molecule has 7 heteroatoms. The first-order valence-corrected chi connectivity index (χ1v) is 7.98. The Morgan fingerprint density at radius 3 is 2.54 bits per heavy atom. The molecule has 2 aliphatic rings. The highest BCUT2D eigenvalue weighted by atomic mass is 16.6. The number of oxime groups is 1. The summed E-state index contributed by atoms with van der Waals surface area (Å²) in [7, 11) is 0. The van der Waals surface area contributed by atoms with E-state index in [1.54, 1.807) is 19.1 Å². The number of rotatable bonds is 3. The van der Waals surface area contributed by atoms with Crippen molar-refractivity contribution in [3.63, 3.8) is 0 Å². The molecule has 7 nitrogen and oxygen atoms in total. The Morgan fingerprint density at radius 1 is 1.25 bits per heavy atom. The molecule has 1 N–H and O–H groups in total. The first-order chi connectivity index (χ1) is 11.2. The van der Waals surface area contributed by atoms with Crippen molar-refractivity contribution in [2.75, 3.05) is 0 Å². The van der Waals surface area contributed by atoms with Crippen LogP contribution in [0.2, 0.25) is 0 Å². The van der Waals surface area contributed by atoms with E-state index in [-0.39, 0.29) is 16.7 Å². The van der Waals surface area contributed by atoms with Gasteiger partial charge in [-0.2, -0.15) is 4.74 Å². The third-order valence-electron chi connectivity index (χ3n) is 5.94. The molecule has 0 bridgehead atoms. The average Bonchev–Trinajstić information content (AvgIpc) is 3.06. The van der Waals surface area contributed by atoms with Gasteiger partial charge >= 0.3 is 0 Å². The molecule has 3 rings (SSSR count). The van der Waals surface area contributed by atoms with Gasteiger partial charge in [0, 0.05) is 19.4 Å². The summed E-state index contributed by atoms with van der Waals surface area (Å²) in [5.74, 6) is 0.819. The molecule has 3 atom stereocenters. The second kappa shape index (κ2) is 5.29. The SMILES string of the molecule is CC1(C)C2CC(=NO)C(C)([N+]([O-])=Cc3ccccc3[N+](=O)[O-])CC21. The minimum Gasteiger partial charge on any atom is -0.623 e. The van der Waals surface area contributed by atoms with Crippen LogP contribution in [0.5, 0.6) is 0 Å². The van der Waals surface area contributed by atoms with E-state index in [2.05, 4.69) is 19.0 Å². The fourth-order valence-corrected chi connectivity index (χ4v) is 4.04. The maximum Gasteiger partial charge on any atom is 0.282 e. The predicted octanol–water partition coefficient (Wildman–Crippen LogP) is 3.18. The van der Waals surface area contributed by atoms with Crippen molar-refractivity contribution < 1.29 is 14.9 Å². The van der Waals surface area contributed by atoms with Gasteiger partial charge in [-0.05, 0) is 29.7 Å². The molecule has 0 aromatic heterocycles. The van der Waals surface area contributed by atoms with Crippen molar-refractivity contribution in [3.05, 3.63) is 45.2 Å². The van der Waals surface area contributed by atoms with Gasteiger partial charge in [0.2, 0.25) is 5.54 Å². The van der Waals surface area contributed by atoms with Gasteiger partial charge in [-0.3, -0.25) is 10.1 Å². The first kappa shape index (κ1) is 16.4. The number of nitro groups is 1. The number of nitrogens with zero attached hydrogens (tertiary/aromatic N) is 3. The third kappa shape index (κ3) is 2.35. The fraction of sp³-hybridized carbons (Fsp3) is 0.529. The van der Waals surface area contributed by atoms with Crippen LogP contribution in [-0.2, 0) is 0 Å². The summed E-state index contributed by atoms with van der Waals surface area (Å²) in [5.41, 5.74) is -0.294. The van der Waals surface area contributed by atoms with Gasteiger partial charge in [0.1, 0.15) is 11.3 Å². The van der Waals surface area contributed by atoms with Gasteiger partial charge < -0.3 is 10.4 Å². The van der Waals surface area contributed by atoms with Crippen LogP contribution in [0.3, 0.4) is 0 Å². The molecule has 2 fully saturated rings. The normalized spacial score (nSPS) is 33.1. The highest BCUT2D eigenvalue weighted by Crippen LogP contribution is 2.66. The van der Waals surface area contributed by atoms with Crippen LogP contribution in [0.1, 0.15) is 39.2 Å². The summed E-state index contributed by atoms with van der Waals surface area (Å²) < 4.78 is 0.717. The quantitative estimate of drug-likeness (QED) is 0.229. The number of benzene rings is 1. The van der Waals surface area contributed by atoms with Crippen molar-refractivity contribution in [2.24, 2.45) is 22.4 Å². The molecule has 0 radical (unpaired) electrons. The van der Waals surface area contributed by atoms with Gasteiger partial charge in [0.15, 0.2) is 6.21 Å². The number of nitro benzene ring substituents is 1. The lowest BCUT2D eigenvalue weighted by molar-refractivity contribution is -0.521. The van der Waals surface area contributed by atoms with E-state index in [1.165, 1.54) is 18.3 Å². The maximum absolute atomic E-state index is 12.9. The summed E-state index contributed by atoms with van der Waals surface area (Å²) in [6.45, 7) is 6.05. The van der Waals surface area contributed by atoms with Gasteiger partial charge in [-0.1, -0.05) is 31.1 Å². The molecule has 0 aliphatic heterocycles. The van der Waals surface area contributed by atoms with E-state index < -0.39 is 10.5 Å². The lowest BCUT2D eigenvalue weighted by Crippen LogP contribution is -2.48. The number of hydrogen-bond acceptors (Lipinski definition) is 5. The second-order valence-corrected chi connectivity index (χ2v) is 7.53. The summed E-state index contributed by atoms with van der Waals surface area (Å²) >= 11 is 0. The predicted molar refractivity (Wildman–Crippen MR) is 89.5 cm³/mol. The van der Waals surface area contributed by atoms with E-state index >= 15 is 0 Å². The fourth-order valence-electron chi connectivity index (χ4n) is 4.04. The summed E-state index contributed by atoms with van der Waals surface area (Å²) in [5, 5.41) is 36.8. The summed E-state index contributed by atoms with van der Waals surface area (Å²) in [6.07, 6.45) is 2.39. The van der Waals surface area contributed by atoms with E-state index in [0.29, 0.717) is 30.4 Å². The Labute approximate surface area is 140 Å². The molecule has 1 aromatic rings. The van der Waals surface area contributed by atoms with Gasteiger partial charge in [0.05, 0.1) is 4.92 Å². The first-order valence-electron chi connectivity index (χ1n) is 7.98. The Kier molecular flexibility index (Phi) is 3.62. The molecule has 2 aliphatic carbocycles. The Balaban J connectivity index is 1.99. The maximum atomic E-state index is 12.9. The van der Waals surface area contributed by atoms with Crippen LogP contribution in [0.25, 0.3) is 0 Å². The molecule has 2 saturated carbocycles. The lowest BCUT2D eigenvalue weighted by atomic mass is 9.81. The molecule has 0 heterocycles. The zero-order valence-corrected chi connectivity index (χ0v) is 14.0. The third-order valence-corrected chi connectivity index (χ3v) is 5.94. The molecule has 3 unspecified atom stereocenters. The van der Waals surface area contributed by atoms with Crippen molar-refractivity contribution in [1.29, 1.82) is 0 Å². The minimum absolute atomic E-state index is 0.120. The summed E-state index contributed by atoms with van der Waals surface area (Å²) in [4.78, 5) is 10.6. The average molecular weight is 331 g/mol. The van der Waals surface area contributed by atoms with Crippen molar-refractivity contribution >= 4 is 17.6 Å². The van der Waals surface area contributed by atoms with Crippen LogP contribution >= 0.6 is 0 Å². The number of fused-ring (bicyclic) bond motifs is 1. The molecule has 0 saturated heterocycles. The zero-order chi connectivity index (χ0) is 17.7. The number of hydrogen-bond donors (Lipinski definition) is 1. The topological polar surface area (TPSA) is 102 Å². The lowest BCUT2D eigenvalue weighted by Gasteiger charge is -2.31. The van der Waals surface area contributed by atoms with Crippen LogP contribution in [0.15, 0.2) is 29.4 Å². The van der Waals surface area contributed by atoms with Gasteiger partial charge in [-0.15, -0.1) is 0 Å². The van der Waals surface area contributed by atoms with Gasteiger partial charge in [0.25, 0.3) is 5.69 Å². The van der Waals surface area contributed by atoms with Crippen molar-refractivity contribution in [3.8, 4) is 0 Å². The van der Waals surface area contributed by atoms with E-state index in [9.17, 15) is 20.5 Å². The van der Waals surface area contributed by atoms with Crippen molar-refractivity contribution in [1.82, 2.24) is 0 Å². The highest BCUT2D eigenvalue weighted by molar-refractivity contribution is 5.94. The summed E-state index contributed by atoms with van der Waals surface area (Å²) in [6, 6.07) is 6.11. The standard InChI is InChI=1S/C17H21N3O4/c1-16(2)12-8-15(18-21)17(3,9-13(12)16)19(22)10-11-6-4-5-7-14(11)20(23)24/h4-7,10,12-13,21H,8-9H2,1-3H3. The highest BCUT2D eigenvalue weighted by Gasteiger charge is 2.66. The molecule has 0 spiro atoms. The van der Waals surface area contributed by atoms with Crippen molar-refractivity contribution in [2.45, 2.75) is 39.2 Å². The largest absolute Gasteiger partial charge is 0.623 e. The van der Waals surface area contributed by atoms with E-state index in [4.69, 9.17) is 0 Å². The van der Waals surface area contributed by atoms with Crippen LogP contribution in [0, 0.1) is 32.6 Å². The number of para-hydroxylation sites is 1. The molecular formula is C17H21N3O4. The second-order valence-electron chi connectivity index (χ2n) is 7.53. The molecule has 128 valence electrons. The van der Waals surface area contributed by atoms with Gasteiger partial charge in [-0.25, -0.2) is 0 Å². The Morgan fingerprint density at radius 2 is 1.92 bits per heavy atom. The molecular weight excluding hydrogens is 310 g/mol. The van der Waals surface area contributed by atoms with Crippen LogP contribution in [-0.4, -0.2) is 32.3 Å². The number of hydroxylamine groups is 1. The Hall–Kier alpha value is -2.44. The zero-order valence-electron chi connectivity index (χ0n) is 14.0. The molecule has 0 amide bonds. The molecule has 24 heavy (non-hydrogen) atoms. The molecule has 1 aromatic carbocycles. The monoisotopic (exact) mass is 331 g/mol. The van der Waals surface area contributed by atoms with E-state index in [0.717, 1.165) is 4.74 Å². The van der Waals surface area contributed by atoms with E-state index in [1.807, 2.05) is 0 Å². The smallest absolute Gasteiger partial charge is 0.282 e. The van der Waals surface area contributed by atoms with Crippen LogP contribution < -0.4 is 0 Å².